The number of nitrogens with one attached hydrogen (secondary N) is 1. The minimum Gasteiger partial charge on any atom is -0.314 e. The van der Waals surface area contributed by atoms with Gasteiger partial charge in [-0.3, -0.25) is 9.88 Å². The van der Waals surface area contributed by atoms with Gasteiger partial charge >= 0.3 is 0 Å². The summed E-state index contributed by atoms with van der Waals surface area (Å²) in [4.78, 5) is 7.33. The van der Waals surface area contributed by atoms with Crippen LogP contribution in [0.3, 0.4) is 0 Å². The number of halogens is 1. The monoisotopic (exact) mass is 323 g/mol. The van der Waals surface area contributed by atoms with E-state index in [4.69, 9.17) is 0 Å². The minimum atomic E-state index is 0.526. The van der Waals surface area contributed by atoms with Crippen molar-refractivity contribution < 1.29 is 0 Å². The summed E-state index contributed by atoms with van der Waals surface area (Å²) in [6, 6.07) is 4.86. The topological polar surface area (TPSA) is 28.2 Å². The smallest absolute Gasteiger partial charge is 0.0579 e. The van der Waals surface area contributed by atoms with E-state index in [9.17, 15) is 0 Å². The first-order chi connectivity index (χ1) is 9.34. The van der Waals surface area contributed by atoms with Crippen molar-refractivity contribution in [2.75, 3.05) is 26.2 Å². The third-order valence-electron chi connectivity index (χ3n) is 4.44. The molecule has 4 heteroatoms. The number of pyridine rings is 1. The van der Waals surface area contributed by atoms with Crippen LogP contribution in [0.25, 0.3) is 0 Å². The molecule has 0 amide bonds. The molecular formula is C15H22BrN3. The van der Waals surface area contributed by atoms with Crippen LogP contribution in [-0.2, 0) is 0 Å². The number of rotatable bonds is 3. The van der Waals surface area contributed by atoms with E-state index in [1.54, 1.807) is 0 Å². The Balaban J connectivity index is 1.83. The van der Waals surface area contributed by atoms with Gasteiger partial charge in [0, 0.05) is 36.8 Å². The molecular weight excluding hydrogens is 302 g/mol. The molecule has 3 rings (SSSR count). The molecule has 2 heterocycles. The molecule has 1 N–H and O–H groups in total. The Morgan fingerprint density at radius 3 is 2.58 bits per heavy atom. The first-order valence-corrected chi connectivity index (χ1v) is 8.20. The zero-order valence-corrected chi connectivity index (χ0v) is 12.9. The molecule has 3 nitrogen and oxygen atoms in total. The van der Waals surface area contributed by atoms with Crippen LogP contribution >= 0.6 is 15.9 Å². The molecule has 0 unspecified atom stereocenters. The lowest BCUT2D eigenvalue weighted by Crippen LogP contribution is -2.46. The van der Waals surface area contributed by atoms with Gasteiger partial charge < -0.3 is 5.32 Å². The maximum absolute atomic E-state index is 4.69. The van der Waals surface area contributed by atoms with Crippen LogP contribution in [0.5, 0.6) is 0 Å². The number of piperazine rings is 1. The third-order valence-corrected chi connectivity index (χ3v) is 4.91. The summed E-state index contributed by atoms with van der Waals surface area (Å²) in [6.07, 6.45) is 7.46. The Hall–Kier alpha value is -0.450. The molecule has 0 radical (unpaired) electrons. The molecule has 2 aliphatic rings. The maximum atomic E-state index is 4.69. The number of hydrogen-bond acceptors (Lipinski definition) is 3. The molecule has 1 saturated carbocycles. The maximum Gasteiger partial charge on any atom is 0.0579 e. The summed E-state index contributed by atoms with van der Waals surface area (Å²) in [5, 5.41) is 3.45. The molecule has 1 atom stereocenters. The van der Waals surface area contributed by atoms with E-state index in [-0.39, 0.29) is 0 Å². The highest BCUT2D eigenvalue weighted by Gasteiger charge is 2.32. The van der Waals surface area contributed by atoms with Crippen LogP contribution in [0.2, 0.25) is 0 Å². The van der Waals surface area contributed by atoms with Crippen LogP contribution in [0.1, 0.15) is 37.4 Å². The van der Waals surface area contributed by atoms with Crippen molar-refractivity contribution in [1.82, 2.24) is 15.2 Å². The number of nitrogens with zero attached hydrogens (tertiary/aromatic N) is 2. The Kier molecular flexibility index (Phi) is 4.51. The summed E-state index contributed by atoms with van der Waals surface area (Å²) in [6.45, 7) is 4.53. The average molecular weight is 324 g/mol. The quantitative estimate of drug-likeness (QED) is 0.926. The predicted molar refractivity (Wildman–Crippen MR) is 81.1 cm³/mol. The van der Waals surface area contributed by atoms with Gasteiger partial charge in [-0.2, -0.15) is 0 Å². The molecule has 0 bridgehead atoms. The van der Waals surface area contributed by atoms with Crippen LogP contribution < -0.4 is 5.32 Å². The van der Waals surface area contributed by atoms with Crippen molar-refractivity contribution in [3.05, 3.63) is 28.5 Å². The van der Waals surface area contributed by atoms with Gasteiger partial charge in [0.2, 0.25) is 0 Å². The largest absolute Gasteiger partial charge is 0.314 e. The van der Waals surface area contributed by atoms with Crippen molar-refractivity contribution in [3.8, 4) is 0 Å². The molecule has 104 valence electrons. The van der Waals surface area contributed by atoms with Gasteiger partial charge in [0.15, 0.2) is 0 Å². The molecule has 0 aromatic carbocycles. The molecule has 0 spiro atoms. The fourth-order valence-electron chi connectivity index (χ4n) is 3.52. The van der Waals surface area contributed by atoms with Gasteiger partial charge in [0.05, 0.1) is 11.7 Å². The van der Waals surface area contributed by atoms with E-state index in [1.807, 2.05) is 6.20 Å². The highest BCUT2D eigenvalue weighted by atomic mass is 79.9. The summed E-state index contributed by atoms with van der Waals surface area (Å²) in [7, 11) is 0. The highest BCUT2D eigenvalue weighted by Crippen LogP contribution is 2.39. The zero-order valence-electron chi connectivity index (χ0n) is 11.3. The van der Waals surface area contributed by atoms with Crippen molar-refractivity contribution in [2.45, 2.75) is 31.7 Å². The number of hydrogen-bond donors (Lipinski definition) is 1. The van der Waals surface area contributed by atoms with E-state index in [0.717, 1.165) is 36.6 Å². The molecule has 1 aromatic rings. The van der Waals surface area contributed by atoms with Gasteiger partial charge in [0.1, 0.15) is 0 Å². The van der Waals surface area contributed by atoms with E-state index >= 15 is 0 Å². The lowest BCUT2D eigenvalue weighted by molar-refractivity contribution is 0.122. The Labute approximate surface area is 123 Å². The Morgan fingerprint density at radius 2 is 1.95 bits per heavy atom. The second kappa shape index (κ2) is 6.33. The summed E-state index contributed by atoms with van der Waals surface area (Å²) in [5.74, 6) is 0.798. The molecule has 1 saturated heterocycles. The van der Waals surface area contributed by atoms with Crippen LogP contribution in [0, 0.1) is 5.92 Å². The Morgan fingerprint density at radius 1 is 1.21 bits per heavy atom. The van der Waals surface area contributed by atoms with Gasteiger partial charge in [-0.25, -0.2) is 0 Å². The van der Waals surface area contributed by atoms with Crippen molar-refractivity contribution in [3.63, 3.8) is 0 Å². The summed E-state index contributed by atoms with van der Waals surface area (Å²) < 4.78 is 1.07. The average Bonchev–Trinajstić information content (AvgIpc) is 2.96. The molecule has 1 aliphatic carbocycles. The van der Waals surface area contributed by atoms with Crippen LogP contribution in [0.4, 0.5) is 0 Å². The summed E-state index contributed by atoms with van der Waals surface area (Å²) in [5.41, 5.74) is 1.26. The zero-order chi connectivity index (χ0) is 13.1. The number of aromatic nitrogens is 1. The summed E-state index contributed by atoms with van der Waals surface area (Å²) >= 11 is 3.49. The van der Waals surface area contributed by atoms with Gasteiger partial charge in [0.25, 0.3) is 0 Å². The lowest BCUT2D eigenvalue weighted by atomic mass is 9.93. The molecule has 1 aliphatic heterocycles. The normalized spacial score (nSPS) is 23.6. The standard InChI is InChI=1S/C15H22BrN3/c16-13-5-6-14(18-11-13)15(12-3-1-2-4-12)19-9-7-17-8-10-19/h5-6,11-12,15,17H,1-4,7-10H2/t15-/m1/s1. The van der Waals surface area contributed by atoms with Crippen molar-refractivity contribution in [2.24, 2.45) is 5.92 Å². The second-order valence-electron chi connectivity index (χ2n) is 5.68. The Bertz CT molecular complexity index is 394. The van der Waals surface area contributed by atoms with Crippen molar-refractivity contribution >= 4 is 15.9 Å². The van der Waals surface area contributed by atoms with Crippen molar-refractivity contribution in [1.29, 1.82) is 0 Å². The van der Waals surface area contributed by atoms with Crippen LogP contribution in [-0.4, -0.2) is 36.1 Å². The predicted octanol–water partition coefficient (Wildman–Crippen LogP) is 2.98. The first-order valence-electron chi connectivity index (χ1n) is 7.41. The second-order valence-corrected chi connectivity index (χ2v) is 6.59. The van der Waals surface area contributed by atoms with Gasteiger partial charge in [-0.05, 0) is 46.8 Å². The van der Waals surface area contributed by atoms with Gasteiger partial charge in [-0.15, -0.1) is 0 Å². The molecule has 19 heavy (non-hydrogen) atoms. The molecule has 1 aromatic heterocycles. The highest BCUT2D eigenvalue weighted by molar-refractivity contribution is 9.10. The van der Waals surface area contributed by atoms with E-state index in [1.165, 1.54) is 31.4 Å². The van der Waals surface area contributed by atoms with E-state index < -0.39 is 0 Å². The van der Waals surface area contributed by atoms with Crippen LogP contribution in [0.15, 0.2) is 22.8 Å². The van der Waals surface area contributed by atoms with Gasteiger partial charge in [-0.1, -0.05) is 12.8 Å². The lowest BCUT2D eigenvalue weighted by Gasteiger charge is -2.38. The third kappa shape index (κ3) is 3.18. The molecule has 2 fully saturated rings. The first kappa shape index (κ1) is 13.5. The van der Waals surface area contributed by atoms with E-state index in [0.29, 0.717) is 6.04 Å². The fourth-order valence-corrected chi connectivity index (χ4v) is 3.76. The van der Waals surface area contributed by atoms with E-state index in [2.05, 4.69) is 43.3 Å². The fraction of sp³-hybridized carbons (Fsp3) is 0.667. The minimum absolute atomic E-state index is 0.526. The SMILES string of the molecule is Brc1ccc([C@@H](C2CCCC2)N2CCNCC2)nc1.